The molecular formula is C11H16N4O3. The molecule has 1 unspecified atom stereocenters. The summed E-state index contributed by atoms with van der Waals surface area (Å²) in [5, 5.41) is 17.0. The highest BCUT2D eigenvalue weighted by Crippen LogP contribution is 2.29. The van der Waals surface area contributed by atoms with Crippen LogP contribution in [0.5, 0.6) is 0 Å². The maximum atomic E-state index is 11.0. The van der Waals surface area contributed by atoms with E-state index >= 15 is 0 Å². The van der Waals surface area contributed by atoms with Crippen molar-refractivity contribution in [2.45, 2.75) is 18.9 Å². The van der Waals surface area contributed by atoms with Crippen LogP contribution < -0.4 is 10.6 Å². The molecule has 7 heteroatoms. The van der Waals surface area contributed by atoms with E-state index in [9.17, 15) is 10.1 Å². The van der Waals surface area contributed by atoms with Gasteiger partial charge in [0.05, 0.1) is 17.1 Å². The summed E-state index contributed by atoms with van der Waals surface area (Å²) in [7, 11) is 1.72. The summed E-state index contributed by atoms with van der Waals surface area (Å²) in [5.41, 5.74) is -0.327. The van der Waals surface area contributed by atoms with Gasteiger partial charge in [0, 0.05) is 19.7 Å². The highest BCUT2D eigenvalue weighted by Gasteiger charge is 2.32. The number of anilines is 2. The molecule has 7 nitrogen and oxygen atoms in total. The van der Waals surface area contributed by atoms with Crippen molar-refractivity contribution < 1.29 is 9.66 Å². The molecule has 0 radical (unpaired) electrons. The smallest absolute Gasteiger partial charge is 0.311 e. The first kappa shape index (κ1) is 12.6. The van der Waals surface area contributed by atoms with Crippen molar-refractivity contribution >= 4 is 17.3 Å². The molecule has 2 rings (SSSR count). The maximum Gasteiger partial charge on any atom is 0.311 e. The number of ether oxygens (including phenoxy) is 1. The lowest BCUT2D eigenvalue weighted by atomic mass is 10.0. The van der Waals surface area contributed by atoms with Gasteiger partial charge in [-0.15, -0.1) is 0 Å². The van der Waals surface area contributed by atoms with Gasteiger partial charge in [-0.05, 0) is 19.4 Å². The van der Waals surface area contributed by atoms with Gasteiger partial charge in [-0.1, -0.05) is 0 Å². The molecule has 2 heterocycles. The van der Waals surface area contributed by atoms with Gasteiger partial charge < -0.3 is 15.4 Å². The van der Waals surface area contributed by atoms with E-state index in [4.69, 9.17) is 4.74 Å². The molecule has 1 aliphatic heterocycles. The van der Waals surface area contributed by atoms with E-state index in [0.29, 0.717) is 19.0 Å². The van der Waals surface area contributed by atoms with E-state index in [1.54, 1.807) is 13.1 Å². The largest absolute Gasteiger partial charge is 0.379 e. The minimum absolute atomic E-state index is 0.0258. The number of pyridine rings is 1. The van der Waals surface area contributed by atoms with Crippen LogP contribution in [0.15, 0.2) is 12.1 Å². The van der Waals surface area contributed by atoms with Crippen LogP contribution in [-0.2, 0) is 4.74 Å². The summed E-state index contributed by atoms with van der Waals surface area (Å²) < 4.78 is 5.31. The fraction of sp³-hybridized carbons (Fsp3) is 0.545. The number of hydrogen-bond acceptors (Lipinski definition) is 6. The van der Waals surface area contributed by atoms with Crippen molar-refractivity contribution in [1.82, 2.24) is 4.98 Å². The van der Waals surface area contributed by atoms with E-state index in [2.05, 4.69) is 15.6 Å². The van der Waals surface area contributed by atoms with Crippen LogP contribution >= 0.6 is 0 Å². The van der Waals surface area contributed by atoms with Gasteiger partial charge in [0.2, 0.25) is 5.82 Å². The van der Waals surface area contributed by atoms with E-state index in [0.717, 1.165) is 6.42 Å². The van der Waals surface area contributed by atoms with Gasteiger partial charge in [-0.3, -0.25) is 10.1 Å². The maximum absolute atomic E-state index is 11.0. The summed E-state index contributed by atoms with van der Waals surface area (Å²) in [6, 6.07) is 3.02. The van der Waals surface area contributed by atoms with Gasteiger partial charge in [0.1, 0.15) is 5.82 Å². The molecule has 1 saturated heterocycles. The first-order valence-corrected chi connectivity index (χ1v) is 5.73. The predicted molar refractivity (Wildman–Crippen MR) is 67.9 cm³/mol. The first-order valence-electron chi connectivity index (χ1n) is 5.73. The van der Waals surface area contributed by atoms with Crippen molar-refractivity contribution in [3.63, 3.8) is 0 Å². The number of rotatable bonds is 4. The van der Waals surface area contributed by atoms with Crippen molar-refractivity contribution in [3.8, 4) is 0 Å². The molecule has 98 valence electrons. The average Bonchev–Trinajstić information content (AvgIpc) is 2.75. The predicted octanol–water partition coefficient (Wildman–Crippen LogP) is 1.62. The Morgan fingerprint density at radius 1 is 1.56 bits per heavy atom. The van der Waals surface area contributed by atoms with Gasteiger partial charge in [0.25, 0.3) is 0 Å². The third-order valence-corrected chi connectivity index (χ3v) is 2.97. The standard InChI is InChI=1S/C11H16N4O3/c1-11(5-6-18-7-11)14-10-8(15(16)17)3-4-9(12-2)13-10/h3-4H,5-7H2,1-2H3,(H2,12,13,14). The van der Waals surface area contributed by atoms with Gasteiger partial charge in [-0.25, -0.2) is 4.98 Å². The van der Waals surface area contributed by atoms with Crippen LogP contribution in [-0.4, -0.2) is 35.7 Å². The minimum Gasteiger partial charge on any atom is -0.379 e. The highest BCUT2D eigenvalue weighted by atomic mass is 16.6. The molecule has 1 fully saturated rings. The van der Waals surface area contributed by atoms with Crippen molar-refractivity contribution in [3.05, 3.63) is 22.2 Å². The molecule has 0 amide bonds. The topological polar surface area (TPSA) is 89.3 Å². The van der Waals surface area contributed by atoms with Crippen LogP contribution in [0, 0.1) is 10.1 Å². The number of hydrogen-bond donors (Lipinski definition) is 2. The number of nitrogens with zero attached hydrogens (tertiary/aromatic N) is 2. The molecule has 1 aliphatic rings. The molecule has 0 saturated carbocycles. The van der Waals surface area contributed by atoms with Crippen LogP contribution in [0.3, 0.4) is 0 Å². The first-order chi connectivity index (χ1) is 8.54. The monoisotopic (exact) mass is 252 g/mol. The lowest BCUT2D eigenvalue weighted by molar-refractivity contribution is -0.384. The third kappa shape index (κ3) is 2.51. The molecule has 0 bridgehead atoms. The molecular weight excluding hydrogens is 236 g/mol. The van der Waals surface area contributed by atoms with Crippen molar-refractivity contribution in [1.29, 1.82) is 0 Å². The lowest BCUT2D eigenvalue weighted by Gasteiger charge is -2.24. The zero-order chi connectivity index (χ0) is 13.2. The Hall–Kier alpha value is -1.89. The van der Waals surface area contributed by atoms with Crippen LogP contribution in [0.25, 0.3) is 0 Å². The van der Waals surface area contributed by atoms with E-state index in [-0.39, 0.29) is 17.0 Å². The van der Waals surface area contributed by atoms with Crippen molar-refractivity contribution in [2.75, 3.05) is 30.9 Å². The van der Waals surface area contributed by atoms with Crippen LogP contribution in [0.2, 0.25) is 0 Å². The summed E-state index contributed by atoms with van der Waals surface area (Å²) in [6.07, 6.45) is 0.801. The van der Waals surface area contributed by atoms with Crippen LogP contribution in [0.1, 0.15) is 13.3 Å². The third-order valence-electron chi connectivity index (χ3n) is 2.97. The molecule has 1 aromatic heterocycles. The Morgan fingerprint density at radius 2 is 2.33 bits per heavy atom. The van der Waals surface area contributed by atoms with E-state index < -0.39 is 4.92 Å². The van der Waals surface area contributed by atoms with Crippen molar-refractivity contribution in [2.24, 2.45) is 0 Å². The molecule has 0 aliphatic carbocycles. The Kier molecular flexibility index (Phi) is 3.33. The molecule has 1 aromatic rings. The Bertz CT molecular complexity index is 458. The van der Waals surface area contributed by atoms with Crippen LogP contribution in [0.4, 0.5) is 17.3 Å². The Balaban J connectivity index is 2.31. The lowest BCUT2D eigenvalue weighted by Crippen LogP contribution is -2.35. The van der Waals surface area contributed by atoms with Gasteiger partial charge in [-0.2, -0.15) is 0 Å². The zero-order valence-electron chi connectivity index (χ0n) is 10.4. The van der Waals surface area contributed by atoms with Gasteiger partial charge in [0.15, 0.2) is 0 Å². The second-order valence-corrected chi connectivity index (χ2v) is 4.56. The van der Waals surface area contributed by atoms with Gasteiger partial charge >= 0.3 is 5.69 Å². The average molecular weight is 252 g/mol. The fourth-order valence-electron chi connectivity index (χ4n) is 1.88. The summed E-state index contributed by atoms with van der Waals surface area (Å²) in [5.74, 6) is 0.866. The SMILES string of the molecule is CNc1ccc([N+](=O)[O-])c(NC2(C)CCOC2)n1. The molecule has 0 aromatic carbocycles. The number of nitro groups is 1. The zero-order valence-corrected chi connectivity index (χ0v) is 10.4. The second-order valence-electron chi connectivity index (χ2n) is 4.56. The summed E-state index contributed by atoms with van der Waals surface area (Å²) >= 11 is 0. The van der Waals surface area contributed by atoms with E-state index in [1.165, 1.54) is 6.07 Å². The number of aromatic nitrogens is 1. The normalized spacial score (nSPS) is 22.8. The Labute approximate surface area is 105 Å². The summed E-state index contributed by atoms with van der Waals surface area (Å²) in [6.45, 7) is 3.15. The summed E-state index contributed by atoms with van der Waals surface area (Å²) in [4.78, 5) is 14.7. The number of nitrogens with one attached hydrogen (secondary N) is 2. The highest BCUT2D eigenvalue weighted by molar-refractivity contribution is 5.61. The second kappa shape index (κ2) is 4.77. The minimum atomic E-state index is -0.437. The molecule has 2 N–H and O–H groups in total. The van der Waals surface area contributed by atoms with E-state index in [1.807, 2.05) is 6.92 Å². The Morgan fingerprint density at radius 3 is 2.89 bits per heavy atom. The molecule has 1 atom stereocenters. The fourth-order valence-corrected chi connectivity index (χ4v) is 1.88. The molecule has 18 heavy (non-hydrogen) atoms. The quantitative estimate of drug-likeness (QED) is 0.625. The molecule has 0 spiro atoms.